The fourth-order valence-electron chi connectivity index (χ4n) is 1.71. The Bertz CT molecular complexity index is 490. The predicted octanol–water partition coefficient (Wildman–Crippen LogP) is 2.94. The maximum atomic E-state index is 12.4. The van der Waals surface area contributed by atoms with Crippen molar-refractivity contribution in [2.24, 2.45) is 4.99 Å². The minimum absolute atomic E-state index is 0. The number of halogens is 4. The number of hydrogen-bond donors (Lipinski definition) is 2. The lowest BCUT2D eigenvalue weighted by Crippen LogP contribution is -2.37. The van der Waals surface area contributed by atoms with Crippen LogP contribution in [0.25, 0.3) is 0 Å². The van der Waals surface area contributed by atoms with Crippen LogP contribution in [0.3, 0.4) is 0 Å². The number of aliphatic imine (C=N–C) groups is 1. The molecule has 2 N–H and O–H groups in total. The van der Waals surface area contributed by atoms with Crippen molar-refractivity contribution in [1.29, 1.82) is 0 Å². The number of nitrogens with zero attached hydrogens (tertiary/aromatic N) is 1. The highest BCUT2D eigenvalue weighted by Crippen LogP contribution is 2.25. The van der Waals surface area contributed by atoms with Crippen molar-refractivity contribution in [2.75, 3.05) is 27.4 Å². The summed E-state index contributed by atoms with van der Waals surface area (Å²) in [4.78, 5) is 3.96. The molecular weight excluding hydrogens is 426 g/mol. The molecule has 1 aromatic carbocycles. The van der Waals surface area contributed by atoms with Crippen LogP contribution in [0, 0.1) is 0 Å². The number of hydrogen-bond acceptors (Lipinski definition) is 3. The van der Waals surface area contributed by atoms with Crippen LogP contribution in [0.2, 0.25) is 0 Å². The van der Waals surface area contributed by atoms with Gasteiger partial charge in [-0.3, -0.25) is 9.38 Å². The van der Waals surface area contributed by atoms with Crippen molar-refractivity contribution in [3.8, 4) is 11.5 Å². The van der Waals surface area contributed by atoms with Gasteiger partial charge in [0, 0.05) is 25.7 Å². The molecule has 0 aliphatic carbocycles. The van der Waals surface area contributed by atoms with E-state index in [2.05, 4.69) is 20.4 Å². The van der Waals surface area contributed by atoms with Crippen LogP contribution in [0.4, 0.5) is 13.2 Å². The molecule has 0 aliphatic rings. The number of methoxy groups -OCH3 is 1. The van der Waals surface area contributed by atoms with E-state index in [4.69, 9.17) is 4.74 Å². The van der Waals surface area contributed by atoms with Gasteiger partial charge in [-0.25, -0.2) is 0 Å². The smallest absolute Gasteiger partial charge is 0.387 e. The maximum absolute atomic E-state index is 12.4. The molecule has 0 radical (unpaired) electrons. The first-order valence-corrected chi connectivity index (χ1v) is 6.73. The minimum Gasteiger partial charge on any atom is -0.497 e. The molecule has 0 aliphatic heterocycles. The van der Waals surface area contributed by atoms with Gasteiger partial charge in [-0.2, -0.15) is 8.78 Å². The number of alkyl halides is 3. The van der Waals surface area contributed by atoms with Gasteiger partial charge >= 0.3 is 6.61 Å². The number of ether oxygens (including phenoxy) is 2. The van der Waals surface area contributed by atoms with Gasteiger partial charge in [0.1, 0.15) is 11.5 Å². The molecule has 0 unspecified atom stereocenters. The average molecular weight is 447 g/mol. The Kier molecular flexibility index (Phi) is 11.4. The normalized spacial score (nSPS) is 11.0. The molecule has 23 heavy (non-hydrogen) atoms. The van der Waals surface area contributed by atoms with E-state index >= 15 is 0 Å². The Labute approximate surface area is 150 Å². The summed E-state index contributed by atoms with van der Waals surface area (Å²) in [5.74, 6) is 1.03. The van der Waals surface area contributed by atoms with Gasteiger partial charge in [0.15, 0.2) is 5.96 Å². The molecule has 1 rings (SSSR count). The molecule has 5 nitrogen and oxygen atoms in total. The highest BCUT2D eigenvalue weighted by atomic mass is 127. The van der Waals surface area contributed by atoms with E-state index in [0.717, 1.165) is 0 Å². The quantitative estimate of drug-likeness (QED) is 0.279. The Morgan fingerprint density at radius 2 is 2.04 bits per heavy atom. The van der Waals surface area contributed by atoms with Crippen LogP contribution < -0.4 is 20.1 Å². The second-order valence-corrected chi connectivity index (χ2v) is 4.25. The number of guanidine groups is 1. The summed E-state index contributed by atoms with van der Waals surface area (Å²) in [7, 11) is 3.05. The van der Waals surface area contributed by atoms with Gasteiger partial charge in [0.25, 0.3) is 0 Å². The Morgan fingerprint density at radius 3 is 2.61 bits per heavy atom. The van der Waals surface area contributed by atoms with Crippen molar-refractivity contribution in [1.82, 2.24) is 10.6 Å². The number of benzene rings is 1. The molecular formula is C14H21F3IN3O2. The van der Waals surface area contributed by atoms with Crippen LogP contribution >= 0.6 is 24.0 Å². The lowest BCUT2D eigenvalue weighted by molar-refractivity contribution is -0.0504. The number of nitrogens with one attached hydrogen (secondary N) is 2. The second kappa shape index (κ2) is 12.1. The van der Waals surface area contributed by atoms with Gasteiger partial charge < -0.3 is 20.1 Å². The van der Waals surface area contributed by atoms with Crippen LogP contribution in [0.1, 0.15) is 12.0 Å². The minimum atomic E-state index is -2.91. The Hall–Kier alpha value is -1.39. The Morgan fingerprint density at radius 1 is 1.30 bits per heavy atom. The van der Waals surface area contributed by atoms with Crippen molar-refractivity contribution < 1.29 is 22.6 Å². The highest BCUT2D eigenvalue weighted by molar-refractivity contribution is 14.0. The third-order valence-electron chi connectivity index (χ3n) is 2.76. The second-order valence-electron chi connectivity index (χ2n) is 4.25. The van der Waals surface area contributed by atoms with E-state index in [1.807, 2.05) is 0 Å². The summed E-state index contributed by atoms with van der Waals surface area (Å²) in [5.41, 5.74) is 0.494. The largest absolute Gasteiger partial charge is 0.497 e. The molecule has 0 saturated heterocycles. The van der Waals surface area contributed by atoms with Gasteiger partial charge in [0.2, 0.25) is 0 Å². The molecule has 0 bridgehead atoms. The van der Waals surface area contributed by atoms with E-state index in [9.17, 15) is 13.2 Å². The molecule has 9 heteroatoms. The standard InChI is InChI=1S/C14H20F3N3O2.HI/c1-18-14(19-7-3-6-15)20-9-10-8-11(21-2)4-5-12(10)22-13(16)17;/h4-5,8,13H,3,6-7,9H2,1-2H3,(H2,18,19,20);1H. The summed E-state index contributed by atoms with van der Waals surface area (Å²) in [5, 5.41) is 5.85. The van der Waals surface area contributed by atoms with Crippen LogP contribution in [0.5, 0.6) is 11.5 Å². The molecule has 0 heterocycles. The molecule has 0 saturated carbocycles. The van der Waals surface area contributed by atoms with E-state index in [1.54, 1.807) is 13.1 Å². The summed E-state index contributed by atoms with van der Waals surface area (Å²) in [6.45, 7) is -2.70. The van der Waals surface area contributed by atoms with E-state index in [1.165, 1.54) is 19.2 Å². The lowest BCUT2D eigenvalue weighted by atomic mass is 10.2. The first-order chi connectivity index (χ1) is 10.6. The van der Waals surface area contributed by atoms with Gasteiger partial charge in [-0.1, -0.05) is 0 Å². The van der Waals surface area contributed by atoms with Gasteiger partial charge in [-0.05, 0) is 24.6 Å². The zero-order valence-electron chi connectivity index (χ0n) is 12.9. The topological polar surface area (TPSA) is 54.9 Å². The van der Waals surface area contributed by atoms with Crippen LogP contribution in [0.15, 0.2) is 23.2 Å². The van der Waals surface area contributed by atoms with Crippen molar-refractivity contribution >= 4 is 29.9 Å². The van der Waals surface area contributed by atoms with Crippen molar-refractivity contribution in [3.63, 3.8) is 0 Å². The summed E-state index contributed by atoms with van der Waals surface area (Å²) >= 11 is 0. The van der Waals surface area contributed by atoms with Gasteiger partial charge in [-0.15, -0.1) is 24.0 Å². The first-order valence-electron chi connectivity index (χ1n) is 6.73. The van der Waals surface area contributed by atoms with Crippen molar-refractivity contribution in [3.05, 3.63) is 23.8 Å². The third-order valence-corrected chi connectivity index (χ3v) is 2.76. The van der Waals surface area contributed by atoms with E-state index in [0.29, 0.717) is 30.2 Å². The fraction of sp³-hybridized carbons (Fsp3) is 0.500. The zero-order chi connectivity index (χ0) is 16.4. The molecule has 0 fully saturated rings. The molecule has 0 spiro atoms. The SMILES string of the molecule is CN=C(NCCCF)NCc1cc(OC)ccc1OC(F)F.I. The summed E-state index contributed by atoms with van der Waals surface area (Å²) in [6.07, 6.45) is 0.361. The predicted molar refractivity (Wildman–Crippen MR) is 93.8 cm³/mol. The molecule has 132 valence electrons. The van der Waals surface area contributed by atoms with Crippen molar-refractivity contribution in [2.45, 2.75) is 19.6 Å². The van der Waals surface area contributed by atoms with E-state index < -0.39 is 13.3 Å². The molecule has 1 aromatic rings. The molecule has 0 amide bonds. The lowest BCUT2D eigenvalue weighted by Gasteiger charge is -2.15. The highest BCUT2D eigenvalue weighted by Gasteiger charge is 2.11. The monoisotopic (exact) mass is 447 g/mol. The summed E-state index contributed by atoms with van der Waals surface area (Å²) in [6, 6.07) is 4.55. The number of rotatable bonds is 8. The average Bonchev–Trinajstić information content (AvgIpc) is 2.51. The van der Waals surface area contributed by atoms with Gasteiger partial charge in [0.05, 0.1) is 13.8 Å². The summed E-state index contributed by atoms with van der Waals surface area (Å²) < 4.78 is 46.4. The van der Waals surface area contributed by atoms with Crippen LogP contribution in [-0.2, 0) is 6.54 Å². The molecule has 0 atom stereocenters. The van der Waals surface area contributed by atoms with E-state index in [-0.39, 0.29) is 36.3 Å². The third kappa shape index (κ3) is 8.14. The maximum Gasteiger partial charge on any atom is 0.387 e. The Balaban J connectivity index is 0.00000484. The zero-order valence-corrected chi connectivity index (χ0v) is 15.3. The molecule has 0 aromatic heterocycles. The fourth-order valence-corrected chi connectivity index (χ4v) is 1.71. The van der Waals surface area contributed by atoms with Crippen LogP contribution in [-0.4, -0.2) is 39.9 Å². The first kappa shape index (κ1) is 21.6.